The number of nitrogens with zero attached hydrogens (tertiary/aromatic N) is 1. The minimum Gasteiger partial charge on any atom is -0.333 e. The molecule has 1 aliphatic rings. The van der Waals surface area contributed by atoms with Crippen molar-refractivity contribution < 1.29 is 9.18 Å². The highest BCUT2D eigenvalue weighted by Crippen LogP contribution is 2.15. The van der Waals surface area contributed by atoms with E-state index in [1.165, 1.54) is 6.07 Å². The molecule has 1 fully saturated rings. The maximum absolute atomic E-state index is 13.6. The summed E-state index contributed by atoms with van der Waals surface area (Å²) in [5, 5.41) is 3.21. The second-order valence-electron chi connectivity index (χ2n) is 4.53. The molecule has 0 radical (unpaired) electrons. The molecule has 0 unspecified atom stereocenters. The van der Waals surface area contributed by atoms with Gasteiger partial charge in [0.2, 0.25) is 0 Å². The summed E-state index contributed by atoms with van der Waals surface area (Å²) < 4.78 is 13.6. The summed E-state index contributed by atoms with van der Waals surface area (Å²) in [6.07, 6.45) is 0. The number of benzene rings is 1. The molecule has 92 valence electrons. The zero-order valence-electron chi connectivity index (χ0n) is 10.2. The van der Waals surface area contributed by atoms with Crippen molar-refractivity contribution in [2.24, 2.45) is 0 Å². The van der Waals surface area contributed by atoms with E-state index in [1.807, 2.05) is 13.8 Å². The van der Waals surface area contributed by atoms with Gasteiger partial charge in [-0.2, -0.15) is 0 Å². The van der Waals surface area contributed by atoms with E-state index in [9.17, 15) is 9.18 Å². The van der Waals surface area contributed by atoms with Crippen molar-refractivity contribution in [3.8, 4) is 0 Å². The Bertz CT molecular complexity index is 433. The van der Waals surface area contributed by atoms with Crippen LogP contribution in [-0.4, -0.2) is 36.5 Å². The van der Waals surface area contributed by atoms with Crippen molar-refractivity contribution in [3.05, 3.63) is 35.1 Å². The number of carbonyl (C=O) groups is 1. The first-order chi connectivity index (χ1) is 8.09. The molecular weight excluding hydrogens is 219 g/mol. The van der Waals surface area contributed by atoms with Crippen LogP contribution >= 0.6 is 0 Å². The topological polar surface area (TPSA) is 32.3 Å². The van der Waals surface area contributed by atoms with Crippen molar-refractivity contribution in [2.75, 3.05) is 19.6 Å². The van der Waals surface area contributed by atoms with Gasteiger partial charge in [-0.3, -0.25) is 4.79 Å². The first-order valence-corrected chi connectivity index (χ1v) is 5.87. The molecule has 0 spiro atoms. The van der Waals surface area contributed by atoms with Gasteiger partial charge in [-0.25, -0.2) is 4.39 Å². The second-order valence-corrected chi connectivity index (χ2v) is 4.53. The Morgan fingerprint density at radius 1 is 1.53 bits per heavy atom. The molecule has 2 rings (SSSR count). The fraction of sp³-hybridized carbons (Fsp3) is 0.462. The highest BCUT2D eigenvalue weighted by Gasteiger charge is 2.25. The molecule has 0 aromatic heterocycles. The maximum atomic E-state index is 13.6. The summed E-state index contributed by atoms with van der Waals surface area (Å²) in [5.41, 5.74) is 1.08. The van der Waals surface area contributed by atoms with E-state index >= 15 is 0 Å². The zero-order valence-corrected chi connectivity index (χ0v) is 10.2. The number of halogens is 1. The molecule has 17 heavy (non-hydrogen) atoms. The molecule has 1 saturated heterocycles. The van der Waals surface area contributed by atoms with Gasteiger partial charge < -0.3 is 10.2 Å². The van der Waals surface area contributed by atoms with Gasteiger partial charge in [0, 0.05) is 25.7 Å². The Labute approximate surface area is 101 Å². The number of amides is 1. The second kappa shape index (κ2) is 4.84. The first-order valence-electron chi connectivity index (χ1n) is 5.87. The number of carbonyl (C=O) groups excluding carboxylic acids is 1. The normalized spacial score (nSPS) is 20.4. The van der Waals surface area contributed by atoms with Gasteiger partial charge in [-0.05, 0) is 26.0 Å². The average molecular weight is 236 g/mol. The van der Waals surface area contributed by atoms with Crippen LogP contribution in [0.5, 0.6) is 0 Å². The van der Waals surface area contributed by atoms with E-state index in [1.54, 1.807) is 17.0 Å². The molecule has 1 aromatic rings. The van der Waals surface area contributed by atoms with Crippen molar-refractivity contribution in [1.29, 1.82) is 0 Å². The molecule has 1 atom stereocenters. The molecule has 1 heterocycles. The largest absolute Gasteiger partial charge is 0.333 e. The molecule has 0 bridgehead atoms. The summed E-state index contributed by atoms with van der Waals surface area (Å²) in [4.78, 5) is 14.0. The molecule has 4 heteroatoms. The number of nitrogens with one attached hydrogen (secondary N) is 1. The van der Waals surface area contributed by atoms with Crippen LogP contribution < -0.4 is 5.32 Å². The van der Waals surface area contributed by atoms with Crippen molar-refractivity contribution in [2.45, 2.75) is 19.9 Å². The lowest BCUT2D eigenvalue weighted by atomic mass is 10.1. The van der Waals surface area contributed by atoms with E-state index in [-0.39, 0.29) is 17.5 Å². The standard InChI is InChI=1S/C13H17FN2O/c1-9-3-4-12(14)11(7-9)13(17)16-6-5-15-8-10(16)2/h3-4,7,10,15H,5-6,8H2,1-2H3/t10-/m1/s1. The summed E-state index contributed by atoms with van der Waals surface area (Å²) in [6, 6.07) is 4.76. The molecule has 1 amide bonds. The Kier molecular flexibility index (Phi) is 3.43. The zero-order chi connectivity index (χ0) is 12.4. The molecule has 1 aliphatic heterocycles. The molecule has 1 N–H and O–H groups in total. The molecule has 1 aromatic carbocycles. The predicted octanol–water partition coefficient (Wildman–Crippen LogP) is 1.57. The van der Waals surface area contributed by atoms with Gasteiger partial charge >= 0.3 is 0 Å². The van der Waals surface area contributed by atoms with Crippen LogP contribution in [0.2, 0.25) is 0 Å². The summed E-state index contributed by atoms with van der Waals surface area (Å²) in [7, 11) is 0. The lowest BCUT2D eigenvalue weighted by molar-refractivity contribution is 0.0651. The summed E-state index contributed by atoms with van der Waals surface area (Å²) >= 11 is 0. The van der Waals surface area contributed by atoms with Crippen LogP contribution in [0.3, 0.4) is 0 Å². The van der Waals surface area contributed by atoms with Gasteiger partial charge in [-0.15, -0.1) is 0 Å². The van der Waals surface area contributed by atoms with E-state index in [0.29, 0.717) is 6.54 Å². The van der Waals surface area contributed by atoms with Gasteiger partial charge in [0.15, 0.2) is 0 Å². The number of aryl methyl sites for hydroxylation is 1. The molecule has 0 saturated carbocycles. The van der Waals surface area contributed by atoms with Crippen molar-refractivity contribution in [3.63, 3.8) is 0 Å². The lowest BCUT2D eigenvalue weighted by Crippen LogP contribution is -2.52. The van der Waals surface area contributed by atoms with Crippen LogP contribution in [0.25, 0.3) is 0 Å². The highest BCUT2D eigenvalue weighted by atomic mass is 19.1. The van der Waals surface area contributed by atoms with Gasteiger partial charge in [0.05, 0.1) is 5.56 Å². The Balaban J connectivity index is 2.26. The third-order valence-electron chi connectivity index (χ3n) is 3.11. The fourth-order valence-electron chi connectivity index (χ4n) is 2.10. The van der Waals surface area contributed by atoms with Crippen LogP contribution in [0.15, 0.2) is 18.2 Å². The molecule has 3 nitrogen and oxygen atoms in total. The Morgan fingerprint density at radius 2 is 2.29 bits per heavy atom. The number of hydrogen-bond donors (Lipinski definition) is 1. The van der Waals surface area contributed by atoms with E-state index in [2.05, 4.69) is 5.32 Å². The Hall–Kier alpha value is -1.42. The minimum absolute atomic E-state index is 0.108. The first kappa shape index (κ1) is 12.0. The lowest BCUT2D eigenvalue weighted by Gasteiger charge is -2.34. The van der Waals surface area contributed by atoms with Crippen molar-refractivity contribution in [1.82, 2.24) is 10.2 Å². The van der Waals surface area contributed by atoms with Gasteiger partial charge in [0.25, 0.3) is 5.91 Å². The Morgan fingerprint density at radius 3 is 3.00 bits per heavy atom. The van der Waals surface area contributed by atoms with E-state index < -0.39 is 5.82 Å². The SMILES string of the molecule is Cc1ccc(F)c(C(=O)N2CCNC[C@H]2C)c1. The van der Waals surface area contributed by atoms with E-state index in [4.69, 9.17) is 0 Å². The highest BCUT2D eigenvalue weighted by molar-refractivity contribution is 5.95. The summed E-state index contributed by atoms with van der Waals surface area (Å²) in [6.45, 7) is 5.99. The predicted molar refractivity (Wildman–Crippen MR) is 64.5 cm³/mol. The third-order valence-corrected chi connectivity index (χ3v) is 3.11. The fourth-order valence-corrected chi connectivity index (χ4v) is 2.10. The number of hydrogen-bond acceptors (Lipinski definition) is 2. The van der Waals surface area contributed by atoms with Crippen LogP contribution in [0, 0.1) is 12.7 Å². The van der Waals surface area contributed by atoms with Crippen molar-refractivity contribution >= 4 is 5.91 Å². The summed E-state index contributed by atoms with van der Waals surface area (Å²) in [5.74, 6) is -0.647. The van der Waals surface area contributed by atoms with Crippen LogP contribution in [0.1, 0.15) is 22.8 Å². The molecule has 0 aliphatic carbocycles. The smallest absolute Gasteiger partial charge is 0.257 e. The number of rotatable bonds is 1. The monoisotopic (exact) mass is 236 g/mol. The maximum Gasteiger partial charge on any atom is 0.257 e. The van der Waals surface area contributed by atoms with Gasteiger partial charge in [0.1, 0.15) is 5.82 Å². The average Bonchev–Trinajstić information content (AvgIpc) is 2.32. The minimum atomic E-state index is -0.439. The quantitative estimate of drug-likeness (QED) is 0.802. The third kappa shape index (κ3) is 2.47. The molecular formula is C13H17FN2O. The van der Waals surface area contributed by atoms with E-state index in [0.717, 1.165) is 18.7 Å². The van der Waals surface area contributed by atoms with Crippen LogP contribution in [0.4, 0.5) is 4.39 Å². The number of piperazine rings is 1. The van der Waals surface area contributed by atoms with Gasteiger partial charge in [-0.1, -0.05) is 11.6 Å². The van der Waals surface area contributed by atoms with Crippen LogP contribution in [-0.2, 0) is 0 Å².